The Morgan fingerprint density at radius 3 is 2.24 bits per heavy atom. The van der Waals surface area contributed by atoms with Crippen molar-refractivity contribution in [3.8, 4) is 23.0 Å². The Hall–Kier alpha value is -4.04. The molecule has 1 spiro atoms. The number of rotatable bonds is 4. The van der Waals surface area contributed by atoms with Crippen molar-refractivity contribution in [3.63, 3.8) is 0 Å². The minimum atomic E-state index is -0.646. The van der Waals surface area contributed by atoms with E-state index in [1.54, 1.807) is 42.5 Å². The molecule has 0 atom stereocenters. The first-order chi connectivity index (χ1) is 16.6. The van der Waals surface area contributed by atoms with Crippen LogP contribution < -0.4 is 29.3 Å². The van der Waals surface area contributed by atoms with Crippen LogP contribution in [0, 0.1) is 0 Å². The van der Waals surface area contributed by atoms with E-state index in [1.807, 2.05) is 30.3 Å². The summed E-state index contributed by atoms with van der Waals surface area (Å²) in [4.78, 5) is 28.6. The first kappa shape index (κ1) is 20.6. The fraction of sp³-hybridized carbons (Fsp3) is 0.231. The highest BCUT2D eigenvalue weighted by molar-refractivity contribution is 6.27. The lowest BCUT2D eigenvalue weighted by molar-refractivity contribution is -0.115. The summed E-state index contributed by atoms with van der Waals surface area (Å²) in [6.45, 7) is 1.60. The number of nitrogens with zero attached hydrogens (tertiary/aromatic N) is 2. The normalized spacial score (nSPS) is 18.6. The van der Waals surface area contributed by atoms with Crippen molar-refractivity contribution in [1.82, 2.24) is 5.32 Å². The molecule has 0 unspecified atom stereocenters. The van der Waals surface area contributed by atoms with Crippen molar-refractivity contribution in [2.45, 2.75) is 18.6 Å². The number of anilines is 2. The molecule has 1 N–H and O–H groups in total. The van der Waals surface area contributed by atoms with Gasteiger partial charge in [0.15, 0.2) is 11.5 Å². The number of carbonyl (C=O) groups is 2. The van der Waals surface area contributed by atoms with E-state index in [2.05, 4.69) is 5.32 Å². The zero-order valence-electron chi connectivity index (χ0n) is 18.4. The Morgan fingerprint density at radius 1 is 0.794 bits per heavy atom. The minimum absolute atomic E-state index is 0.0458. The molecule has 3 aliphatic heterocycles. The van der Waals surface area contributed by atoms with Crippen molar-refractivity contribution < 1.29 is 23.8 Å². The molecule has 34 heavy (non-hydrogen) atoms. The van der Waals surface area contributed by atoms with Crippen LogP contribution in [0.1, 0.15) is 12.8 Å². The van der Waals surface area contributed by atoms with Gasteiger partial charge in [-0.05, 0) is 48.5 Å². The predicted molar refractivity (Wildman–Crippen MR) is 126 cm³/mol. The van der Waals surface area contributed by atoms with Gasteiger partial charge >= 0.3 is 6.03 Å². The second-order valence-electron chi connectivity index (χ2n) is 8.50. The third kappa shape index (κ3) is 3.62. The van der Waals surface area contributed by atoms with Crippen LogP contribution in [0.3, 0.4) is 0 Å². The lowest BCUT2D eigenvalue weighted by Gasteiger charge is -2.31. The number of hydrogen-bond donors (Lipinski definition) is 1. The Bertz CT molecular complexity index is 1240. The van der Waals surface area contributed by atoms with Crippen molar-refractivity contribution in [2.24, 2.45) is 0 Å². The topological polar surface area (TPSA) is 80.3 Å². The number of urea groups is 1. The van der Waals surface area contributed by atoms with E-state index in [-0.39, 0.29) is 12.5 Å². The average molecular weight is 457 g/mol. The maximum absolute atomic E-state index is 13.2. The number of piperidine rings is 1. The summed E-state index contributed by atoms with van der Waals surface area (Å²) >= 11 is 0. The number of benzene rings is 3. The Kier molecular flexibility index (Phi) is 4.88. The molecule has 3 amide bonds. The number of hydrogen-bond acceptors (Lipinski definition) is 6. The molecule has 8 nitrogen and oxygen atoms in total. The summed E-state index contributed by atoms with van der Waals surface area (Å²) in [5.41, 5.74) is 1.09. The summed E-state index contributed by atoms with van der Waals surface area (Å²) in [5, 5.41) is 3.30. The molecule has 3 aromatic carbocycles. The fourth-order valence-electron chi connectivity index (χ4n) is 4.51. The number of amides is 3. The van der Waals surface area contributed by atoms with E-state index in [4.69, 9.17) is 14.2 Å². The molecule has 0 aromatic heterocycles. The molecular weight excluding hydrogens is 434 g/mol. The first-order valence-corrected chi connectivity index (χ1v) is 11.3. The van der Waals surface area contributed by atoms with E-state index >= 15 is 0 Å². The monoisotopic (exact) mass is 457 g/mol. The fourth-order valence-corrected chi connectivity index (χ4v) is 4.51. The van der Waals surface area contributed by atoms with Crippen LogP contribution in [-0.4, -0.2) is 37.4 Å². The van der Waals surface area contributed by atoms with Crippen LogP contribution in [0.25, 0.3) is 0 Å². The number of carbonyl (C=O) groups excluding carboxylic acids is 2. The lowest BCUT2D eigenvalue weighted by atomic mass is 10.1. The van der Waals surface area contributed by atoms with E-state index in [1.165, 1.54) is 9.80 Å². The van der Waals surface area contributed by atoms with Crippen LogP contribution in [0.15, 0.2) is 72.8 Å². The van der Waals surface area contributed by atoms with E-state index < -0.39 is 11.8 Å². The molecule has 2 fully saturated rings. The highest BCUT2D eigenvalue weighted by Crippen LogP contribution is 2.45. The average Bonchev–Trinajstić information content (AvgIpc) is 3.36. The molecule has 0 aliphatic carbocycles. The van der Waals surface area contributed by atoms with Crippen molar-refractivity contribution in [2.75, 3.05) is 29.4 Å². The highest BCUT2D eigenvalue weighted by atomic mass is 16.7. The van der Waals surface area contributed by atoms with Gasteiger partial charge in [-0.1, -0.05) is 18.2 Å². The molecule has 8 heteroatoms. The molecule has 0 bridgehead atoms. The summed E-state index contributed by atoms with van der Waals surface area (Å²) in [6, 6.07) is 21.3. The molecule has 0 radical (unpaired) electrons. The molecule has 6 rings (SSSR count). The lowest BCUT2D eigenvalue weighted by Crippen LogP contribution is -2.48. The highest BCUT2D eigenvalue weighted by Gasteiger charge is 2.44. The van der Waals surface area contributed by atoms with Crippen LogP contribution in [0.4, 0.5) is 16.2 Å². The number of para-hydroxylation sites is 1. The van der Waals surface area contributed by atoms with Gasteiger partial charge in [-0.15, -0.1) is 0 Å². The van der Waals surface area contributed by atoms with Crippen LogP contribution >= 0.6 is 0 Å². The molecular formula is C26H23N3O5. The van der Waals surface area contributed by atoms with Gasteiger partial charge in [0.2, 0.25) is 0 Å². The smallest absolute Gasteiger partial charge is 0.336 e. The number of nitrogens with one attached hydrogen (secondary N) is 1. The maximum Gasteiger partial charge on any atom is 0.336 e. The van der Waals surface area contributed by atoms with Crippen LogP contribution in [0.2, 0.25) is 0 Å². The molecule has 3 heterocycles. The molecule has 3 aromatic rings. The summed E-state index contributed by atoms with van der Waals surface area (Å²) in [6.07, 6.45) is 1.49. The SMILES string of the molecule is O=C1CN(c2ccc3c(c2)OC2(CCNCC2)O3)C(=O)N1c1ccc(Oc2ccccc2)cc1. The summed E-state index contributed by atoms with van der Waals surface area (Å²) in [5.74, 6) is 1.65. The zero-order valence-corrected chi connectivity index (χ0v) is 18.4. The minimum Gasteiger partial charge on any atom is -0.457 e. The molecule has 2 saturated heterocycles. The van der Waals surface area contributed by atoms with Gasteiger partial charge in [0, 0.05) is 32.0 Å². The van der Waals surface area contributed by atoms with Gasteiger partial charge in [-0.2, -0.15) is 0 Å². The van der Waals surface area contributed by atoms with E-state index in [0.717, 1.165) is 25.9 Å². The standard InChI is InChI=1S/C26H23N3O5/c30-24-17-28(19-8-11-22-23(16-19)34-26(33-22)12-14-27-15-13-26)25(31)29(24)18-6-9-21(10-7-18)32-20-4-2-1-3-5-20/h1-11,16,27H,12-15,17H2. The van der Waals surface area contributed by atoms with Gasteiger partial charge in [0.25, 0.3) is 11.7 Å². The second kappa shape index (κ2) is 8.07. The Morgan fingerprint density at radius 2 is 1.47 bits per heavy atom. The van der Waals surface area contributed by atoms with E-state index in [9.17, 15) is 9.59 Å². The Labute approximate surface area is 196 Å². The van der Waals surface area contributed by atoms with Crippen molar-refractivity contribution >= 4 is 23.3 Å². The van der Waals surface area contributed by atoms with Gasteiger partial charge < -0.3 is 19.5 Å². The number of fused-ring (bicyclic) bond motifs is 1. The van der Waals surface area contributed by atoms with Crippen LogP contribution in [0.5, 0.6) is 23.0 Å². The zero-order chi connectivity index (χ0) is 23.1. The predicted octanol–water partition coefficient (Wildman–Crippen LogP) is 4.30. The third-order valence-electron chi connectivity index (χ3n) is 6.24. The Balaban J connectivity index is 1.19. The van der Waals surface area contributed by atoms with Crippen molar-refractivity contribution in [3.05, 3.63) is 72.8 Å². The van der Waals surface area contributed by atoms with Crippen molar-refractivity contribution in [1.29, 1.82) is 0 Å². The van der Waals surface area contributed by atoms with Gasteiger partial charge in [-0.25, -0.2) is 9.69 Å². The molecule has 0 saturated carbocycles. The van der Waals surface area contributed by atoms with Gasteiger partial charge in [0.05, 0.1) is 11.4 Å². The molecule has 3 aliphatic rings. The quantitative estimate of drug-likeness (QED) is 0.589. The summed E-state index contributed by atoms with van der Waals surface area (Å²) in [7, 11) is 0. The van der Waals surface area contributed by atoms with Crippen LogP contribution in [-0.2, 0) is 4.79 Å². The number of ether oxygens (including phenoxy) is 3. The third-order valence-corrected chi connectivity index (χ3v) is 6.24. The van der Waals surface area contributed by atoms with E-state index in [0.29, 0.717) is 34.4 Å². The largest absolute Gasteiger partial charge is 0.457 e. The molecule has 172 valence electrons. The van der Waals surface area contributed by atoms with Gasteiger partial charge in [0.1, 0.15) is 18.0 Å². The second-order valence-corrected chi connectivity index (χ2v) is 8.50. The van der Waals surface area contributed by atoms with Gasteiger partial charge in [-0.3, -0.25) is 9.69 Å². The maximum atomic E-state index is 13.2. The number of imide groups is 1. The first-order valence-electron chi connectivity index (χ1n) is 11.3. The summed E-state index contributed by atoms with van der Waals surface area (Å²) < 4.78 is 18.1.